The second-order valence-electron chi connectivity index (χ2n) is 7.59. The lowest BCUT2D eigenvalue weighted by atomic mass is 9.94. The average molecular weight is 465 g/mol. The summed E-state index contributed by atoms with van der Waals surface area (Å²) in [6.45, 7) is 3.16. The summed E-state index contributed by atoms with van der Waals surface area (Å²) >= 11 is 1.36. The predicted molar refractivity (Wildman–Crippen MR) is 118 cm³/mol. The van der Waals surface area contributed by atoms with Gasteiger partial charge in [-0.1, -0.05) is 6.92 Å². The fraction of sp³-hybridized carbons (Fsp3) is 0.450. The topological polar surface area (TPSA) is 115 Å². The molecular weight excluding hydrogens is 440 g/mol. The number of hydrogen-bond acceptors (Lipinski definition) is 7. The van der Waals surface area contributed by atoms with E-state index in [2.05, 4.69) is 10.3 Å². The van der Waals surface area contributed by atoms with E-state index in [4.69, 9.17) is 4.42 Å². The van der Waals surface area contributed by atoms with Gasteiger partial charge in [-0.25, -0.2) is 18.2 Å². The molecule has 0 bridgehead atoms. The number of fused-ring (bicyclic) bond motifs is 1. The highest BCUT2D eigenvalue weighted by Crippen LogP contribution is 2.28. The summed E-state index contributed by atoms with van der Waals surface area (Å²) in [5, 5.41) is 5.13. The van der Waals surface area contributed by atoms with Gasteiger partial charge < -0.3 is 9.73 Å². The zero-order valence-corrected chi connectivity index (χ0v) is 18.7. The molecular formula is C20H24N4O5S2. The van der Waals surface area contributed by atoms with Crippen molar-refractivity contribution in [1.29, 1.82) is 0 Å². The number of benzene rings is 1. The van der Waals surface area contributed by atoms with Gasteiger partial charge in [-0.2, -0.15) is 4.31 Å². The van der Waals surface area contributed by atoms with Crippen LogP contribution >= 0.6 is 11.3 Å². The van der Waals surface area contributed by atoms with E-state index in [-0.39, 0.29) is 22.3 Å². The Morgan fingerprint density at radius 2 is 2.10 bits per heavy atom. The van der Waals surface area contributed by atoms with E-state index >= 15 is 0 Å². The van der Waals surface area contributed by atoms with Crippen molar-refractivity contribution in [2.45, 2.75) is 44.0 Å². The van der Waals surface area contributed by atoms with Crippen molar-refractivity contribution in [3.05, 3.63) is 40.3 Å². The molecule has 11 heteroatoms. The summed E-state index contributed by atoms with van der Waals surface area (Å²) in [6, 6.07) is 4.57. The third-order valence-electron chi connectivity index (χ3n) is 5.45. The average Bonchev–Trinajstić information content (AvgIpc) is 3.36. The molecule has 1 aliphatic heterocycles. The van der Waals surface area contributed by atoms with E-state index in [1.165, 1.54) is 32.3 Å². The first-order valence-corrected chi connectivity index (χ1v) is 12.5. The number of carbonyl (C=O) groups excluding carboxylic acids is 1. The number of anilines is 1. The quantitative estimate of drug-likeness (QED) is 0.575. The third kappa shape index (κ3) is 4.58. The predicted octanol–water partition coefficient (Wildman–Crippen LogP) is 2.89. The molecule has 1 aliphatic rings. The highest BCUT2D eigenvalue weighted by molar-refractivity contribution is 7.89. The monoisotopic (exact) mass is 464 g/mol. The van der Waals surface area contributed by atoms with Gasteiger partial charge in [-0.05, 0) is 37.3 Å². The minimum Gasteiger partial charge on any atom is -0.408 e. The lowest BCUT2D eigenvalue weighted by Crippen LogP contribution is -2.39. The molecule has 1 saturated heterocycles. The van der Waals surface area contributed by atoms with Crippen molar-refractivity contribution in [3.63, 3.8) is 0 Å². The van der Waals surface area contributed by atoms with E-state index in [1.807, 2.05) is 6.92 Å². The van der Waals surface area contributed by atoms with Crippen molar-refractivity contribution in [1.82, 2.24) is 13.9 Å². The minimum absolute atomic E-state index is 0.103. The zero-order valence-electron chi connectivity index (χ0n) is 17.1. The van der Waals surface area contributed by atoms with Crippen LogP contribution in [0.15, 0.2) is 43.9 Å². The van der Waals surface area contributed by atoms with E-state index in [0.717, 1.165) is 6.42 Å². The van der Waals surface area contributed by atoms with Crippen LogP contribution in [0.25, 0.3) is 11.1 Å². The van der Waals surface area contributed by atoms with Gasteiger partial charge in [0.25, 0.3) is 0 Å². The molecule has 1 N–H and O–H groups in total. The molecule has 1 amide bonds. The standard InChI is InChI=1S/C20H24N4O5S2/c1-2-8-24-16-4-3-15(13-17(16)29-20(24)26)31(27,28)23-9-5-14(6-10-23)12-18(25)22-19-21-7-11-30-19/h3-4,7,11,13-14H,2,5-6,8-10,12H2,1H3,(H,21,22,25). The minimum atomic E-state index is -3.71. The molecule has 0 spiro atoms. The second-order valence-corrected chi connectivity index (χ2v) is 10.4. The van der Waals surface area contributed by atoms with Gasteiger partial charge in [0.05, 0.1) is 10.4 Å². The highest BCUT2D eigenvalue weighted by Gasteiger charge is 2.31. The van der Waals surface area contributed by atoms with Crippen molar-refractivity contribution in [2.75, 3.05) is 18.4 Å². The molecule has 2 aromatic heterocycles. The Bertz CT molecular complexity index is 1220. The molecule has 0 unspecified atom stereocenters. The number of carbonyl (C=O) groups is 1. The van der Waals surface area contributed by atoms with Crippen LogP contribution in [0.5, 0.6) is 0 Å². The smallest absolute Gasteiger partial charge is 0.408 e. The molecule has 0 atom stereocenters. The molecule has 3 heterocycles. The Hall–Kier alpha value is -2.50. The molecule has 3 aromatic rings. The fourth-order valence-electron chi connectivity index (χ4n) is 3.86. The Morgan fingerprint density at radius 1 is 1.32 bits per heavy atom. The van der Waals surface area contributed by atoms with Crippen LogP contribution < -0.4 is 11.1 Å². The van der Waals surface area contributed by atoms with Crippen LogP contribution in [0.3, 0.4) is 0 Å². The summed E-state index contributed by atoms with van der Waals surface area (Å²) in [5.41, 5.74) is 0.865. The number of thiazole rings is 1. The van der Waals surface area contributed by atoms with Crippen molar-refractivity contribution in [2.24, 2.45) is 5.92 Å². The number of nitrogens with zero attached hydrogens (tertiary/aromatic N) is 3. The third-order valence-corrected chi connectivity index (χ3v) is 8.03. The Kier molecular flexibility index (Phi) is 6.26. The van der Waals surface area contributed by atoms with E-state index in [1.54, 1.807) is 17.6 Å². The number of aryl methyl sites for hydroxylation is 1. The van der Waals surface area contributed by atoms with E-state index in [0.29, 0.717) is 49.5 Å². The molecule has 1 fully saturated rings. The Balaban J connectivity index is 1.42. The van der Waals surface area contributed by atoms with Gasteiger partial charge in [-0.15, -0.1) is 11.3 Å². The number of rotatable bonds is 7. The normalized spacial score (nSPS) is 16.0. The number of sulfonamides is 1. The van der Waals surface area contributed by atoms with Crippen molar-refractivity contribution in [3.8, 4) is 0 Å². The van der Waals surface area contributed by atoms with Crippen LogP contribution in [-0.2, 0) is 21.4 Å². The van der Waals surface area contributed by atoms with Gasteiger partial charge in [0.1, 0.15) is 0 Å². The second kappa shape index (κ2) is 8.93. The first-order valence-electron chi connectivity index (χ1n) is 10.2. The van der Waals surface area contributed by atoms with Gasteiger partial charge in [0.15, 0.2) is 10.7 Å². The van der Waals surface area contributed by atoms with Gasteiger partial charge in [0.2, 0.25) is 15.9 Å². The van der Waals surface area contributed by atoms with Crippen LogP contribution in [-0.4, -0.2) is 41.3 Å². The summed E-state index contributed by atoms with van der Waals surface area (Å²) < 4.78 is 34.4. The molecule has 0 saturated carbocycles. The number of piperidine rings is 1. The van der Waals surface area contributed by atoms with Crippen molar-refractivity contribution >= 4 is 43.5 Å². The number of oxazole rings is 1. The van der Waals surface area contributed by atoms with Gasteiger partial charge in [0, 0.05) is 43.7 Å². The van der Waals surface area contributed by atoms with E-state index < -0.39 is 15.8 Å². The Labute approximate surface area is 183 Å². The maximum Gasteiger partial charge on any atom is 0.419 e. The fourth-order valence-corrected chi connectivity index (χ4v) is 5.89. The first kappa shape index (κ1) is 21.7. The van der Waals surface area contributed by atoms with Gasteiger partial charge in [-0.3, -0.25) is 9.36 Å². The summed E-state index contributed by atoms with van der Waals surface area (Å²) in [4.78, 5) is 28.3. The Morgan fingerprint density at radius 3 is 2.77 bits per heavy atom. The first-order chi connectivity index (χ1) is 14.9. The number of amides is 1. The van der Waals surface area contributed by atoms with Crippen molar-refractivity contribution < 1.29 is 17.6 Å². The number of nitrogens with one attached hydrogen (secondary N) is 1. The van der Waals surface area contributed by atoms with Crippen LogP contribution in [0, 0.1) is 5.92 Å². The molecule has 0 radical (unpaired) electrons. The number of aromatic nitrogens is 2. The summed E-state index contributed by atoms with van der Waals surface area (Å²) in [5.74, 6) is -0.466. The van der Waals surface area contributed by atoms with Crippen LogP contribution in [0.1, 0.15) is 32.6 Å². The van der Waals surface area contributed by atoms with Gasteiger partial charge >= 0.3 is 5.76 Å². The largest absolute Gasteiger partial charge is 0.419 e. The number of hydrogen-bond donors (Lipinski definition) is 1. The lowest BCUT2D eigenvalue weighted by molar-refractivity contribution is -0.117. The molecule has 166 valence electrons. The summed E-state index contributed by atoms with van der Waals surface area (Å²) in [7, 11) is -3.71. The highest BCUT2D eigenvalue weighted by atomic mass is 32.2. The zero-order chi connectivity index (χ0) is 22.0. The maximum absolute atomic E-state index is 13.1. The maximum atomic E-state index is 13.1. The summed E-state index contributed by atoms with van der Waals surface area (Å²) in [6.07, 6.45) is 3.95. The molecule has 31 heavy (non-hydrogen) atoms. The van der Waals surface area contributed by atoms with Crippen LogP contribution in [0.2, 0.25) is 0 Å². The van der Waals surface area contributed by atoms with Crippen LogP contribution in [0.4, 0.5) is 5.13 Å². The SMILES string of the molecule is CCCn1c(=O)oc2cc(S(=O)(=O)N3CCC(CC(=O)Nc4nccs4)CC3)ccc21. The molecule has 4 rings (SSSR count). The molecule has 0 aliphatic carbocycles. The molecule has 9 nitrogen and oxygen atoms in total. The lowest BCUT2D eigenvalue weighted by Gasteiger charge is -2.30. The molecule has 1 aromatic carbocycles. The van der Waals surface area contributed by atoms with E-state index in [9.17, 15) is 18.0 Å².